The van der Waals surface area contributed by atoms with Crippen LogP contribution in [0, 0.1) is 5.92 Å². The lowest BCUT2D eigenvalue weighted by atomic mass is 9.96. The second kappa shape index (κ2) is 7.53. The van der Waals surface area contributed by atoms with Crippen LogP contribution in [0.4, 0.5) is 4.79 Å². The molecule has 0 radical (unpaired) electrons. The summed E-state index contributed by atoms with van der Waals surface area (Å²) in [5, 5.41) is 7.54. The molecular formula is C20H25N5O3. The minimum Gasteiger partial charge on any atom is -0.492 e. The SMILES string of the molecule is CN(C)C(=O)N1CCn2nc(CNC(=O)[C@@H]3COc4ccccc4C3)cc2C1. The Morgan fingerprint density at radius 1 is 1.29 bits per heavy atom. The molecule has 1 atom stereocenters. The quantitative estimate of drug-likeness (QED) is 0.865. The first-order chi connectivity index (χ1) is 13.5. The lowest BCUT2D eigenvalue weighted by Gasteiger charge is -2.29. The number of nitrogens with one attached hydrogen (secondary N) is 1. The largest absolute Gasteiger partial charge is 0.492 e. The summed E-state index contributed by atoms with van der Waals surface area (Å²) in [6.45, 7) is 2.60. The van der Waals surface area contributed by atoms with Crippen molar-refractivity contribution in [1.82, 2.24) is 24.9 Å². The lowest BCUT2D eigenvalue weighted by molar-refractivity contribution is -0.126. The number of amides is 3. The van der Waals surface area contributed by atoms with E-state index in [4.69, 9.17) is 4.74 Å². The Balaban J connectivity index is 1.34. The highest BCUT2D eigenvalue weighted by molar-refractivity contribution is 5.79. The van der Waals surface area contributed by atoms with Crippen molar-refractivity contribution in [2.45, 2.75) is 26.1 Å². The third kappa shape index (κ3) is 3.67. The molecule has 8 heteroatoms. The molecule has 28 heavy (non-hydrogen) atoms. The average molecular weight is 383 g/mol. The zero-order chi connectivity index (χ0) is 19.7. The van der Waals surface area contributed by atoms with E-state index in [1.807, 2.05) is 35.0 Å². The van der Waals surface area contributed by atoms with Gasteiger partial charge in [0.2, 0.25) is 5.91 Å². The second-order valence-corrected chi connectivity index (χ2v) is 7.49. The molecule has 0 spiro atoms. The van der Waals surface area contributed by atoms with Crippen LogP contribution in [0.5, 0.6) is 5.75 Å². The summed E-state index contributed by atoms with van der Waals surface area (Å²) in [6, 6.07) is 9.79. The molecule has 148 valence electrons. The highest BCUT2D eigenvalue weighted by atomic mass is 16.5. The van der Waals surface area contributed by atoms with Gasteiger partial charge in [0.25, 0.3) is 0 Å². The van der Waals surface area contributed by atoms with Gasteiger partial charge in [-0.25, -0.2) is 4.79 Å². The van der Waals surface area contributed by atoms with Gasteiger partial charge < -0.3 is 19.9 Å². The van der Waals surface area contributed by atoms with Gasteiger partial charge in [0.05, 0.1) is 36.9 Å². The first-order valence-corrected chi connectivity index (χ1v) is 9.51. The van der Waals surface area contributed by atoms with Crippen molar-refractivity contribution in [3.63, 3.8) is 0 Å². The summed E-state index contributed by atoms with van der Waals surface area (Å²) < 4.78 is 7.62. The van der Waals surface area contributed by atoms with Gasteiger partial charge in [0, 0.05) is 20.6 Å². The average Bonchev–Trinajstić information content (AvgIpc) is 3.13. The molecule has 0 aliphatic carbocycles. The topological polar surface area (TPSA) is 79.7 Å². The van der Waals surface area contributed by atoms with Crippen molar-refractivity contribution in [2.75, 3.05) is 27.2 Å². The molecule has 1 N–H and O–H groups in total. The number of hydrogen-bond acceptors (Lipinski definition) is 4. The van der Waals surface area contributed by atoms with Crippen LogP contribution in [0.1, 0.15) is 17.0 Å². The Morgan fingerprint density at radius 2 is 2.11 bits per heavy atom. The van der Waals surface area contributed by atoms with E-state index in [1.165, 1.54) is 0 Å². The molecule has 3 heterocycles. The molecule has 0 saturated carbocycles. The fourth-order valence-corrected chi connectivity index (χ4v) is 3.68. The predicted octanol–water partition coefficient (Wildman–Crippen LogP) is 1.25. The Morgan fingerprint density at radius 3 is 2.93 bits per heavy atom. The zero-order valence-electron chi connectivity index (χ0n) is 16.2. The van der Waals surface area contributed by atoms with E-state index in [2.05, 4.69) is 10.4 Å². The third-order valence-electron chi connectivity index (χ3n) is 5.20. The summed E-state index contributed by atoms with van der Waals surface area (Å²) in [4.78, 5) is 28.1. The van der Waals surface area contributed by atoms with Gasteiger partial charge in [-0.2, -0.15) is 5.10 Å². The molecule has 0 unspecified atom stereocenters. The number of rotatable bonds is 3. The fourth-order valence-electron chi connectivity index (χ4n) is 3.68. The van der Waals surface area contributed by atoms with Crippen LogP contribution in [-0.2, 0) is 30.8 Å². The molecule has 0 bridgehead atoms. The monoisotopic (exact) mass is 383 g/mol. The maximum atomic E-state index is 12.6. The van der Waals surface area contributed by atoms with Gasteiger partial charge >= 0.3 is 6.03 Å². The predicted molar refractivity (Wildman–Crippen MR) is 103 cm³/mol. The first-order valence-electron chi connectivity index (χ1n) is 9.51. The molecule has 0 fully saturated rings. The molecule has 1 aromatic carbocycles. The van der Waals surface area contributed by atoms with E-state index in [9.17, 15) is 9.59 Å². The molecular weight excluding hydrogens is 358 g/mol. The molecule has 1 aromatic heterocycles. The number of para-hydroxylation sites is 1. The third-order valence-corrected chi connectivity index (χ3v) is 5.20. The highest BCUT2D eigenvalue weighted by Crippen LogP contribution is 2.26. The van der Waals surface area contributed by atoms with E-state index >= 15 is 0 Å². The van der Waals surface area contributed by atoms with Crippen molar-refractivity contribution in [1.29, 1.82) is 0 Å². The second-order valence-electron chi connectivity index (χ2n) is 7.49. The molecule has 3 amide bonds. The summed E-state index contributed by atoms with van der Waals surface area (Å²) in [7, 11) is 3.51. The number of fused-ring (bicyclic) bond motifs is 2. The number of aromatic nitrogens is 2. The van der Waals surface area contributed by atoms with E-state index in [0.29, 0.717) is 39.2 Å². The minimum atomic E-state index is -0.194. The minimum absolute atomic E-state index is 0.000109. The summed E-state index contributed by atoms with van der Waals surface area (Å²) in [5.74, 6) is 0.649. The maximum Gasteiger partial charge on any atom is 0.319 e. The number of benzene rings is 1. The van der Waals surface area contributed by atoms with Crippen LogP contribution in [0.2, 0.25) is 0 Å². The van der Waals surface area contributed by atoms with Crippen molar-refractivity contribution < 1.29 is 14.3 Å². The molecule has 2 aliphatic rings. The zero-order valence-corrected chi connectivity index (χ0v) is 16.2. The van der Waals surface area contributed by atoms with E-state index in [-0.39, 0.29) is 17.9 Å². The number of carbonyl (C=O) groups excluding carboxylic acids is 2. The Hall–Kier alpha value is -3.03. The van der Waals surface area contributed by atoms with Crippen LogP contribution in [-0.4, -0.2) is 58.8 Å². The van der Waals surface area contributed by atoms with Gasteiger partial charge in [-0.05, 0) is 24.1 Å². The van der Waals surface area contributed by atoms with Gasteiger partial charge in [-0.1, -0.05) is 18.2 Å². The van der Waals surface area contributed by atoms with Gasteiger partial charge in [0.15, 0.2) is 0 Å². The summed E-state index contributed by atoms with van der Waals surface area (Å²) in [6.07, 6.45) is 0.684. The molecule has 8 nitrogen and oxygen atoms in total. The van der Waals surface area contributed by atoms with Crippen molar-refractivity contribution >= 4 is 11.9 Å². The van der Waals surface area contributed by atoms with E-state index < -0.39 is 0 Å². The van der Waals surface area contributed by atoms with Gasteiger partial charge in [-0.15, -0.1) is 0 Å². The number of hydrogen-bond donors (Lipinski definition) is 1. The standard InChI is InChI=1S/C20H25N5O3/c1-23(2)20(27)24-7-8-25-17(12-24)10-16(22-25)11-21-19(26)15-9-14-5-3-4-6-18(14)28-13-15/h3-6,10,15H,7-9,11-13H2,1-2H3,(H,21,26)/t15-/m0/s1. The van der Waals surface area contributed by atoms with E-state index in [1.54, 1.807) is 23.9 Å². The van der Waals surface area contributed by atoms with Crippen LogP contribution in [0.3, 0.4) is 0 Å². The Labute approximate surface area is 164 Å². The van der Waals surface area contributed by atoms with Crippen molar-refractivity contribution in [2.24, 2.45) is 5.92 Å². The number of ether oxygens (including phenoxy) is 1. The Bertz CT molecular complexity index is 892. The van der Waals surface area contributed by atoms with Crippen LogP contribution >= 0.6 is 0 Å². The van der Waals surface area contributed by atoms with Crippen LogP contribution < -0.4 is 10.1 Å². The lowest BCUT2D eigenvalue weighted by Crippen LogP contribution is -2.43. The molecule has 0 saturated heterocycles. The Kier molecular flexibility index (Phi) is 4.93. The number of urea groups is 1. The van der Waals surface area contributed by atoms with Crippen molar-refractivity contribution in [3.8, 4) is 5.75 Å². The number of nitrogens with zero attached hydrogens (tertiary/aromatic N) is 4. The smallest absolute Gasteiger partial charge is 0.319 e. The normalized spacial score (nSPS) is 17.9. The van der Waals surface area contributed by atoms with Crippen molar-refractivity contribution in [3.05, 3.63) is 47.3 Å². The summed E-state index contributed by atoms with van der Waals surface area (Å²) >= 11 is 0. The van der Waals surface area contributed by atoms with Crippen LogP contribution in [0.15, 0.2) is 30.3 Å². The number of carbonyl (C=O) groups is 2. The summed E-state index contributed by atoms with van der Waals surface area (Å²) in [5.41, 5.74) is 2.86. The van der Waals surface area contributed by atoms with E-state index in [0.717, 1.165) is 22.7 Å². The molecule has 2 aromatic rings. The van der Waals surface area contributed by atoms with Crippen LogP contribution in [0.25, 0.3) is 0 Å². The molecule has 4 rings (SSSR count). The first kappa shape index (κ1) is 18.3. The maximum absolute atomic E-state index is 12.6. The van der Waals surface area contributed by atoms with Gasteiger partial charge in [0.1, 0.15) is 12.4 Å². The highest BCUT2D eigenvalue weighted by Gasteiger charge is 2.26. The fraction of sp³-hybridized carbons (Fsp3) is 0.450. The molecule has 2 aliphatic heterocycles. The van der Waals surface area contributed by atoms with Gasteiger partial charge in [-0.3, -0.25) is 9.48 Å².